The molecule has 0 saturated heterocycles. The van der Waals surface area contributed by atoms with Crippen molar-refractivity contribution in [3.05, 3.63) is 60.8 Å². The number of hydrogen-bond acceptors (Lipinski definition) is 7. The number of phosphoric acid groups is 1. The smallest absolute Gasteiger partial charge is 0.462 e. The average Bonchev–Trinajstić information content (AvgIpc) is 3.12. The molecule has 2 unspecified atom stereocenters. The average molecular weight is 781 g/mol. The lowest BCUT2D eigenvalue weighted by molar-refractivity contribution is -0.870. The molecular formula is C44H79NO8P+. The molecule has 54 heavy (non-hydrogen) atoms. The lowest BCUT2D eigenvalue weighted by Gasteiger charge is -2.24. The highest BCUT2D eigenvalue weighted by Crippen LogP contribution is 2.43. The fraction of sp³-hybridized carbons (Fsp3) is 0.727. The summed E-state index contributed by atoms with van der Waals surface area (Å²) in [5.74, 6) is -0.828. The maximum Gasteiger partial charge on any atom is 0.472 e. The molecule has 9 nitrogen and oxygen atoms in total. The first-order valence-corrected chi connectivity index (χ1v) is 22.5. The largest absolute Gasteiger partial charge is 0.472 e. The van der Waals surface area contributed by atoms with Crippen LogP contribution in [-0.4, -0.2) is 74.9 Å². The molecule has 10 heteroatoms. The minimum absolute atomic E-state index is 0.0256. The fourth-order valence-electron chi connectivity index (χ4n) is 5.27. The predicted molar refractivity (Wildman–Crippen MR) is 224 cm³/mol. The molecule has 0 radical (unpaired) electrons. The first kappa shape index (κ1) is 51.7. The summed E-state index contributed by atoms with van der Waals surface area (Å²) in [6.45, 7) is 4.24. The van der Waals surface area contributed by atoms with Gasteiger partial charge in [-0.1, -0.05) is 145 Å². The fourth-order valence-corrected chi connectivity index (χ4v) is 6.02. The van der Waals surface area contributed by atoms with Crippen molar-refractivity contribution in [3.8, 4) is 0 Å². The molecule has 0 bridgehead atoms. The number of esters is 2. The van der Waals surface area contributed by atoms with Crippen LogP contribution in [0.15, 0.2) is 60.8 Å². The second-order valence-electron chi connectivity index (χ2n) is 15.0. The third kappa shape index (κ3) is 39.4. The van der Waals surface area contributed by atoms with E-state index in [1.807, 2.05) is 21.1 Å². The number of phosphoric ester groups is 1. The third-order valence-corrected chi connectivity index (χ3v) is 9.55. The van der Waals surface area contributed by atoms with E-state index >= 15 is 0 Å². The second-order valence-corrected chi connectivity index (χ2v) is 16.5. The maximum atomic E-state index is 12.7. The SMILES string of the molecule is CC/C=C\C/C=C\C/C=C\C/C=C\C/C=C\CCCCCCCC(=O)OC(COC(=O)CCCCCCCCCCC)COP(=O)(O)OCC[N+](C)(C)C. The van der Waals surface area contributed by atoms with Gasteiger partial charge in [0.15, 0.2) is 6.10 Å². The van der Waals surface area contributed by atoms with Gasteiger partial charge in [-0.3, -0.25) is 18.6 Å². The molecule has 0 saturated carbocycles. The molecule has 0 aliphatic heterocycles. The molecule has 0 aliphatic carbocycles. The number of nitrogens with zero attached hydrogens (tertiary/aromatic N) is 1. The Morgan fingerprint density at radius 3 is 1.57 bits per heavy atom. The first-order valence-electron chi connectivity index (χ1n) is 21.0. The first-order chi connectivity index (χ1) is 26.0. The van der Waals surface area contributed by atoms with Crippen LogP contribution in [0.5, 0.6) is 0 Å². The Morgan fingerprint density at radius 1 is 0.593 bits per heavy atom. The third-order valence-electron chi connectivity index (χ3n) is 8.56. The van der Waals surface area contributed by atoms with E-state index in [0.717, 1.165) is 83.5 Å². The lowest BCUT2D eigenvalue weighted by atomic mass is 10.1. The summed E-state index contributed by atoms with van der Waals surface area (Å²) in [5, 5.41) is 0. The van der Waals surface area contributed by atoms with Crippen LogP contribution in [0, 0.1) is 0 Å². The minimum Gasteiger partial charge on any atom is -0.462 e. The van der Waals surface area contributed by atoms with E-state index in [2.05, 4.69) is 74.6 Å². The topological polar surface area (TPSA) is 108 Å². The van der Waals surface area contributed by atoms with Gasteiger partial charge in [0.2, 0.25) is 0 Å². The van der Waals surface area contributed by atoms with Crippen LogP contribution in [-0.2, 0) is 32.7 Å². The number of ether oxygens (including phenoxy) is 2. The van der Waals surface area contributed by atoms with E-state index in [9.17, 15) is 19.0 Å². The van der Waals surface area contributed by atoms with Crippen LogP contribution in [0.3, 0.4) is 0 Å². The number of rotatable bonds is 37. The molecule has 0 rings (SSSR count). The lowest BCUT2D eigenvalue weighted by Crippen LogP contribution is -2.37. The number of hydrogen-bond donors (Lipinski definition) is 1. The van der Waals surface area contributed by atoms with E-state index in [0.29, 0.717) is 17.4 Å². The number of carbonyl (C=O) groups is 2. The summed E-state index contributed by atoms with van der Waals surface area (Å²) >= 11 is 0. The van der Waals surface area contributed by atoms with Crippen LogP contribution in [0.4, 0.5) is 0 Å². The van der Waals surface area contributed by atoms with E-state index in [-0.39, 0.29) is 32.0 Å². The van der Waals surface area contributed by atoms with Gasteiger partial charge in [-0.25, -0.2) is 4.57 Å². The quantitative estimate of drug-likeness (QED) is 0.0218. The zero-order valence-electron chi connectivity index (χ0n) is 34.9. The van der Waals surface area contributed by atoms with Crippen molar-refractivity contribution >= 4 is 19.8 Å². The molecule has 2 atom stereocenters. The molecule has 0 amide bonds. The van der Waals surface area contributed by atoms with Crippen molar-refractivity contribution in [1.29, 1.82) is 0 Å². The number of allylic oxidation sites excluding steroid dienone is 10. The van der Waals surface area contributed by atoms with E-state index in [4.69, 9.17) is 18.5 Å². The molecule has 1 N–H and O–H groups in total. The van der Waals surface area contributed by atoms with Crippen LogP contribution in [0.2, 0.25) is 0 Å². The second kappa shape index (κ2) is 36.4. The van der Waals surface area contributed by atoms with Gasteiger partial charge < -0.3 is 18.9 Å². The van der Waals surface area contributed by atoms with Gasteiger partial charge >= 0.3 is 19.8 Å². The van der Waals surface area contributed by atoms with Gasteiger partial charge in [-0.2, -0.15) is 0 Å². The summed E-state index contributed by atoms with van der Waals surface area (Å²) < 4.78 is 34.2. The van der Waals surface area contributed by atoms with Crippen molar-refractivity contribution in [2.75, 3.05) is 47.5 Å². The van der Waals surface area contributed by atoms with Crippen LogP contribution >= 0.6 is 7.82 Å². The van der Waals surface area contributed by atoms with E-state index in [1.165, 1.54) is 38.5 Å². The van der Waals surface area contributed by atoms with Crippen molar-refractivity contribution in [2.45, 2.75) is 161 Å². The minimum atomic E-state index is -4.38. The van der Waals surface area contributed by atoms with Crippen molar-refractivity contribution < 1.29 is 42.1 Å². The highest BCUT2D eigenvalue weighted by atomic mass is 31.2. The Labute approximate surface area is 330 Å². The molecule has 0 heterocycles. The van der Waals surface area contributed by atoms with Crippen molar-refractivity contribution in [1.82, 2.24) is 0 Å². The van der Waals surface area contributed by atoms with Gasteiger partial charge in [-0.05, 0) is 57.8 Å². The summed E-state index contributed by atoms with van der Waals surface area (Å²) in [5.41, 5.74) is 0. The van der Waals surface area contributed by atoms with Gasteiger partial charge in [0.05, 0.1) is 27.7 Å². The molecule has 0 aromatic carbocycles. The van der Waals surface area contributed by atoms with Crippen LogP contribution in [0.25, 0.3) is 0 Å². The van der Waals surface area contributed by atoms with Crippen LogP contribution < -0.4 is 0 Å². The van der Waals surface area contributed by atoms with Gasteiger partial charge in [0.1, 0.15) is 19.8 Å². The summed E-state index contributed by atoms with van der Waals surface area (Å²) in [6.07, 6.45) is 42.7. The monoisotopic (exact) mass is 781 g/mol. The van der Waals surface area contributed by atoms with Crippen LogP contribution in [0.1, 0.15) is 155 Å². The summed E-state index contributed by atoms with van der Waals surface area (Å²) in [4.78, 5) is 35.2. The van der Waals surface area contributed by atoms with Crippen molar-refractivity contribution in [2.24, 2.45) is 0 Å². The molecule has 0 aliphatic rings. The maximum absolute atomic E-state index is 12.7. The zero-order chi connectivity index (χ0) is 40.0. The Hall–Kier alpha value is -2.29. The Bertz CT molecular complexity index is 1110. The molecular weight excluding hydrogens is 701 g/mol. The molecule has 0 fully saturated rings. The normalized spacial score (nSPS) is 14.3. The molecule has 0 aromatic heterocycles. The summed E-state index contributed by atoms with van der Waals surface area (Å²) in [6, 6.07) is 0. The predicted octanol–water partition coefficient (Wildman–Crippen LogP) is 11.7. The van der Waals surface area contributed by atoms with Gasteiger partial charge in [0.25, 0.3) is 0 Å². The van der Waals surface area contributed by atoms with Gasteiger partial charge in [-0.15, -0.1) is 0 Å². The molecule has 0 spiro atoms. The zero-order valence-corrected chi connectivity index (χ0v) is 35.8. The number of unbranched alkanes of at least 4 members (excludes halogenated alkanes) is 13. The number of likely N-dealkylation sites (N-methyl/N-ethyl adjacent to an activating group) is 1. The number of carbonyl (C=O) groups excluding carboxylic acids is 2. The van der Waals surface area contributed by atoms with Gasteiger partial charge in [0, 0.05) is 12.8 Å². The van der Waals surface area contributed by atoms with Crippen molar-refractivity contribution in [3.63, 3.8) is 0 Å². The summed E-state index contributed by atoms with van der Waals surface area (Å²) in [7, 11) is 1.45. The van der Waals surface area contributed by atoms with E-state index in [1.54, 1.807) is 0 Å². The molecule has 312 valence electrons. The number of quaternary nitrogens is 1. The highest BCUT2D eigenvalue weighted by Gasteiger charge is 2.27. The van der Waals surface area contributed by atoms with E-state index < -0.39 is 26.5 Å². The Kier molecular flexibility index (Phi) is 34.8. The standard InChI is InChI=1S/C44H78NO8P/c1-6-8-10-12-14-16-17-18-19-20-21-22-23-24-25-26-27-29-31-33-35-37-44(47)53-42(41-52-54(48,49)51-39-38-45(3,4)5)40-50-43(46)36-34-32-30-28-15-13-11-9-7-2/h8,10,14,16,18-19,21-22,24-25,42H,6-7,9,11-13,15,17,20,23,26-41H2,1-5H3/p+1/b10-8-,16-14-,19-18-,22-21-,25-24-. The highest BCUT2D eigenvalue weighted by molar-refractivity contribution is 7.47. The Morgan fingerprint density at radius 2 is 1.06 bits per heavy atom. The molecule has 0 aromatic rings. The Balaban J connectivity index is 4.37.